The number of aromatic nitrogens is 1. The summed E-state index contributed by atoms with van der Waals surface area (Å²) in [7, 11) is 0. The van der Waals surface area contributed by atoms with Crippen molar-refractivity contribution in [2.24, 2.45) is 0 Å². The first-order chi connectivity index (χ1) is 9.15. The summed E-state index contributed by atoms with van der Waals surface area (Å²) in [5.41, 5.74) is 1.62. The van der Waals surface area contributed by atoms with Gasteiger partial charge in [0, 0.05) is 12.1 Å². The molecule has 0 radical (unpaired) electrons. The van der Waals surface area contributed by atoms with Crippen LogP contribution in [0.25, 0.3) is 0 Å². The summed E-state index contributed by atoms with van der Waals surface area (Å²) in [5.74, 6) is 0.458. The smallest absolute Gasteiger partial charge is 0.273 e. The van der Waals surface area contributed by atoms with Crippen molar-refractivity contribution in [2.75, 3.05) is 0 Å². The molecule has 0 aliphatic rings. The van der Waals surface area contributed by atoms with Gasteiger partial charge in [0.15, 0.2) is 5.69 Å². The van der Waals surface area contributed by atoms with E-state index in [0.717, 1.165) is 12.8 Å². The van der Waals surface area contributed by atoms with Gasteiger partial charge in [-0.15, -0.1) is 0 Å². The van der Waals surface area contributed by atoms with Crippen LogP contribution in [0.1, 0.15) is 35.2 Å². The van der Waals surface area contributed by atoms with Crippen molar-refractivity contribution >= 4 is 5.91 Å². The van der Waals surface area contributed by atoms with Crippen molar-refractivity contribution in [3.63, 3.8) is 0 Å². The van der Waals surface area contributed by atoms with Gasteiger partial charge in [-0.2, -0.15) is 0 Å². The summed E-state index contributed by atoms with van der Waals surface area (Å²) in [5, 5.41) is 6.62. The zero-order valence-electron chi connectivity index (χ0n) is 11.2. The fraction of sp³-hybridized carbons (Fsp3) is 0.333. The number of nitrogens with zero attached hydrogens (tertiary/aromatic N) is 1. The Kier molecular flexibility index (Phi) is 4.34. The molecule has 1 heterocycles. The molecule has 1 amide bonds. The van der Waals surface area contributed by atoms with E-state index in [2.05, 4.69) is 22.6 Å². The van der Waals surface area contributed by atoms with Crippen LogP contribution in [0.15, 0.2) is 40.9 Å². The topological polar surface area (TPSA) is 55.1 Å². The van der Waals surface area contributed by atoms with Gasteiger partial charge in [0.05, 0.1) is 0 Å². The number of amides is 1. The van der Waals surface area contributed by atoms with Crippen molar-refractivity contribution in [3.8, 4) is 0 Å². The molecule has 4 nitrogen and oxygen atoms in total. The number of hydrogen-bond acceptors (Lipinski definition) is 3. The first kappa shape index (κ1) is 13.3. The lowest BCUT2D eigenvalue weighted by molar-refractivity contribution is 0.0929. The normalized spacial score (nSPS) is 12.1. The highest BCUT2D eigenvalue weighted by atomic mass is 16.5. The molecule has 0 bridgehead atoms. The number of hydrogen-bond donors (Lipinski definition) is 1. The van der Waals surface area contributed by atoms with Gasteiger partial charge >= 0.3 is 0 Å². The Balaban J connectivity index is 1.81. The highest BCUT2D eigenvalue weighted by Gasteiger charge is 2.13. The minimum absolute atomic E-state index is 0.102. The first-order valence-corrected chi connectivity index (χ1v) is 6.43. The number of benzene rings is 1. The van der Waals surface area contributed by atoms with Gasteiger partial charge in [0.25, 0.3) is 5.91 Å². The molecule has 0 aliphatic carbocycles. The van der Waals surface area contributed by atoms with Crippen LogP contribution in [0.3, 0.4) is 0 Å². The number of aryl methyl sites for hydroxylation is 2. The minimum Gasteiger partial charge on any atom is -0.361 e. The maximum atomic E-state index is 11.8. The molecular formula is C15H18N2O2. The monoisotopic (exact) mass is 258 g/mol. The molecular weight excluding hydrogens is 240 g/mol. The Bertz CT molecular complexity index is 534. The third-order valence-corrected chi connectivity index (χ3v) is 2.95. The highest BCUT2D eigenvalue weighted by molar-refractivity contribution is 5.92. The van der Waals surface area contributed by atoms with Gasteiger partial charge in [-0.25, -0.2) is 0 Å². The van der Waals surface area contributed by atoms with Gasteiger partial charge in [-0.3, -0.25) is 4.79 Å². The standard InChI is InChI=1S/C15H18N2O2/c1-11(8-9-13-6-4-3-5-7-13)16-15(18)14-10-12(2)19-17-14/h3-7,10-11H,8-9H2,1-2H3,(H,16,18)/t11-/m1/s1. The zero-order chi connectivity index (χ0) is 13.7. The van der Waals surface area contributed by atoms with Crippen LogP contribution < -0.4 is 5.32 Å². The van der Waals surface area contributed by atoms with Gasteiger partial charge in [0.1, 0.15) is 5.76 Å². The summed E-state index contributed by atoms with van der Waals surface area (Å²) < 4.78 is 4.89. The Morgan fingerprint density at radius 2 is 2.11 bits per heavy atom. The zero-order valence-corrected chi connectivity index (χ0v) is 11.2. The summed E-state index contributed by atoms with van der Waals surface area (Å²) >= 11 is 0. The van der Waals surface area contributed by atoms with E-state index in [1.165, 1.54) is 5.56 Å². The van der Waals surface area contributed by atoms with E-state index in [9.17, 15) is 4.79 Å². The second-order valence-corrected chi connectivity index (χ2v) is 4.72. The average Bonchev–Trinajstić information content (AvgIpc) is 2.84. The SMILES string of the molecule is Cc1cc(C(=O)N[C@H](C)CCc2ccccc2)no1. The predicted octanol–water partition coefficient (Wildman–Crippen LogP) is 2.73. The molecule has 0 spiro atoms. The molecule has 0 saturated heterocycles. The van der Waals surface area contributed by atoms with Crippen LogP contribution in [0.5, 0.6) is 0 Å². The maximum Gasteiger partial charge on any atom is 0.273 e. The summed E-state index contributed by atoms with van der Waals surface area (Å²) in [6.07, 6.45) is 1.84. The largest absolute Gasteiger partial charge is 0.361 e. The average molecular weight is 258 g/mol. The van der Waals surface area contributed by atoms with Crippen LogP contribution in [-0.4, -0.2) is 17.1 Å². The van der Waals surface area contributed by atoms with E-state index in [1.54, 1.807) is 13.0 Å². The van der Waals surface area contributed by atoms with Crippen LogP contribution in [0.2, 0.25) is 0 Å². The molecule has 2 aromatic rings. The lowest BCUT2D eigenvalue weighted by atomic mass is 10.1. The van der Waals surface area contributed by atoms with Gasteiger partial charge < -0.3 is 9.84 Å². The van der Waals surface area contributed by atoms with Crippen molar-refractivity contribution in [2.45, 2.75) is 32.7 Å². The molecule has 1 aromatic heterocycles. The van der Waals surface area contributed by atoms with E-state index in [-0.39, 0.29) is 11.9 Å². The maximum absolute atomic E-state index is 11.8. The Labute approximate surface area is 112 Å². The van der Waals surface area contributed by atoms with E-state index in [4.69, 9.17) is 4.52 Å². The van der Waals surface area contributed by atoms with Crippen molar-refractivity contribution in [3.05, 3.63) is 53.4 Å². The van der Waals surface area contributed by atoms with E-state index < -0.39 is 0 Å². The third kappa shape index (κ3) is 3.95. The second-order valence-electron chi connectivity index (χ2n) is 4.72. The minimum atomic E-state index is -0.183. The second kappa shape index (κ2) is 6.18. The molecule has 1 aromatic carbocycles. The lowest BCUT2D eigenvalue weighted by Crippen LogP contribution is -2.33. The van der Waals surface area contributed by atoms with Crippen LogP contribution >= 0.6 is 0 Å². The molecule has 0 aliphatic heterocycles. The fourth-order valence-corrected chi connectivity index (χ4v) is 1.87. The molecule has 2 rings (SSSR count). The molecule has 0 saturated carbocycles. The van der Waals surface area contributed by atoms with E-state index in [1.807, 2.05) is 25.1 Å². The third-order valence-electron chi connectivity index (χ3n) is 2.95. The molecule has 100 valence electrons. The van der Waals surface area contributed by atoms with Crippen LogP contribution in [0.4, 0.5) is 0 Å². The van der Waals surface area contributed by atoms with Gasteiger partial charge in [0.2, 0.25) is 0 Å². The summed E-state index contributed by atoms with van der Waals surface area (Å²) in [6.45, 7) is 3.76. The van der Waals surface area contributed by atoms with Gasteiger partial charge in [-0.1, -0.05) is 35.5 Å². The first-order valence-electron chi connectivity index (χ1n) is 6.43. The number of carbonyl (C=O) groups excluding carboxylic acids is 1. The molecule has 0 fully saturated rings. The van der Waals surface area contributed by atoms with Gasteiger partial charge in [-0.05, 0) is 32.3 Å². The lowest BCUT2D eigenvalue weighted by Gasteiger charge is -2.12. The molecule has 19 heavy (non-hydrogen) atoms. The van der Waals surface area contributed by atoms with Crippen LogP contribution in [0, 0.1) is 6.92 Å². The predicted molar refractivity (Wildman–Crippen MR) is 72.9 cm³/mol. The number of rotatable bonds is 5. The molecule has 0 unspecified atom stereocenters. The molecule has 1 atom stereocenters. The van der Waals surface area contributed by atoms with Crippen LogP contribution in [-0.2, 0) is 6.42 Å². The van der Waals surface area contributed by atoms with Crippen molar-refractivity contribution in [1.29, 1.82) is 0 Å². The summed E-state index contributed by atoms with van der Waals surface area (Å²) in [4.78, 5) is 11.8. The number of carbonyl (C=O) groups is 1. The highest BCUT2D eigenvalue weighted by Crippen LogP contribution is 2.06. The summed E-state index contributed by atoms with van der Waals surface area (Å²) in [6, 6.07) is 12.0. The van der Waals surface area contributed by atoms with Crippen molar-refractivity contribution < 1.29 is 9.32 Å². The Hall–Kier alpha value is -2.10. The molecule has 4 heteroatoms. The Morgan fingerprint density at radius 3 is 2.74 bits per heavy atom. The van der Waals surface area contributed by atoms with E-state index in [0.29, 0.717) is 11.5 Å². The van der Waals surface area contributed by atoms with E-state index >= 15 is 0 Å². The Morgan fingerprint density at radius 1 is 1.37 bits per heavy atom. The fourth-order valence-electron chi connectivity index (χ4n) is 1.87. The quantitative estimate of drug-likeness (QED) is 0.897. The molecule has 1 N–H and O–H groups in total. The van der Waals surface area contributed by atoms with Crippen molar-refractivity contribution in [1.82, 2.24) is 10.5 Å². The number of nitrogens with one attached hydrogen (secondary N) is 1.